The van der Waals surface area contributed by atoms with Crippen LogP contribution in [0.2, 0.25) is 0 Å². The van der Waals surface area contributed by atoms with Crippen LogP contribution < -0.4 is 5.32 Å². The number of halogens is 1. The zero-order chi connectivity index (χ0) is 20.1. The molecule has 3 aliphatic rings. The Bertz CT molecular complexity index is 668. The van der Waals surface area contributed by atoms with Gasteiger partial charge in [-0.25, -0.2) is 0 Å². The van der Waals surface area contributed by atoms with Crippen LogP contribution in [0.25, 0.3) is 0 Å². The van der Waals surface area contributed by atoms with E-state index in [9.17, 15) is 0 Å². The molecule has 1 N–H and O–H groups in total. The topological polar surface area (TPSA) is 49.3 Å². The predicted octanol–water partition coefficient (Wildman–Crippen LogP) is 2.97. The van der Waals surface area contributed by atoms with Gasteiger partial charge in [0.2, 0.25) is 0 Å². The fourth-order valence-corrected chi connectivity index (χ4v) is 4.96. The van der Waals surface area contributed by atoms with Gasteiger partial charge in [-0.15, -0.1) is 24.0 Å². The molecule has 168 valence electrons. The minimum absolute atomic E-state index is 0. The molecule has 4 unspecified atom stereocenters. The van der Waals surface area contributed by atoms with Gasteiger partial charge in [-0.05, 0) is 37.7 Å². The lowest BCUT2D eigenvalue weighted by atomic mass is 10.1. The van der Waals surface area contributed by atoms with Crippen molar-refractivity contribution in [2.75, 3.05) is 46.4 Å². The highest BCUT2D eigenvalue weighted by Crippen LogP contribution is 2.25. The second-order valence-corrected chi connectivity index (χ2v) is 8.70. The fraction of sp³-hybridized carbons (Fsp3) is 0.696. The summed E-state index contributed by atoms with van der Waals surface area (Å²) in [6.07, 6.45) is 3.91. The van der Waals surface area contributed by atoms with E-state index < -0.39 is 0 Å². The molecule has 6 nitrogen and oxygen atoms in total. The highest BCUT2D eigenvalue weighted by Gasteiger charge is 2.33. The maximum atomic E-state index is 5.99. The molecule has 0 bridgehead atoms. The Morgan fingerprint density at radius 1 is 1.13 bits per heavy atom. The summed E-state index contributed by atoms with van der Waals surface area (Å²) < 4.78 is 11.8. The Kier molecular flexibility index (Phi) is 9.22. The average Bonchev–Trinajstić information content (AvgIpc) is 3.40. The summed E-state index contributed by atoms with van der Waals surface area (Å²) in [7, 11) is 1.89. The van der Waals surface area contributed by atoms with Crippen molar-refractivity contribution in [2.45, 2.75) is 51.0 Å². The molecule has 7 heteroatoms. The number of guanidine groups is 1. The summed E-state index contributed by atoms with van der Waals surface area (Å²) >= 11 is 0. The number of rotatable bonds is 5. The normalized spacial score (nSPS) is 30.3. The minimum Gasteiger partial charge on any atom is -0.375 e. The number of hydrogen-bond acceptors (Lipinski definition) is 4. The van der Waals surface area contributed by atoms with Gasteiger partial charge in [0.15, 0.2) is 5.96 Å². The van der Waals surface area contributed by atoms with Gasteiger partial charge >= 0.3 is 0 Å². The standard InChI is InChI=1S/C23H36N4O2.HI/c1-18-13-20(16-27(18)15-19-7-4-3-5-8-19)14-25-23(24-2)26-10-12-29-22(17-26)21-9-6-11-28-21;/h3-5,7-8,18,20-22H,6,9-17H2,1-2H3,(H,24,25);1H. The summed E-state index contributed by atoms with van der Waals surface area (Å²) in [5.41, 5.74) is 1.40. The van der Waals surface area contributed by atoms with Crippen LogP contribution >= 0.6 is 24.0 Å². The third kappa shape index (κ3) is 6.08. The summed E-state index contributed by atoms with van der Waals surface area (Å²) in [5.74, 6) is 1.66. The molecule has 1 aromatic carbocycles. The first kappa shape index (κ1) is 23.8. The van der Waals surface area contributed by atoms with Gasteiger partial charge in [-0.2, -0.15) is 0 Å². The van der Waals surface area contributed by atoms with Crippen LogP contribution in [0.5, 0.6) is 0 Å². The van der Waals surface area contributed by atoms with E-state index in [1.165, 1.54) is 12.0 Å². The quantitative estimate of drug-likeness (QED) is 0.362. The lowest BCUT2D eigenvalue weighted by Crippen LogP contribution is -2.53. The number of likely N-dealkylation sites (tertiary alicyclic amines) is 1. The molecule has 0 aromatic heterocycles. The van der Waals surface area contributed by atoms with E-state index >= 15 is 0 Å². The van der Waals surface area contributed by atoms with Crippen LogP contribution in [0, 0.1) is 5.92 Å². The Labute approximate surface area is 198 Å². The molecule has 0 aliphatic carbocycles. The van der Waals surface area contributed by atoms with Crippen molar-refractivity contribution in [3.05, 3.63) is 35.9 Å². The van der Waals surface area contributed by atoms with Crippen LogP contribution in [-0.2, 0) is 16.0 Å². The molecule has 0 spiro atoms. The lowest BCUT2D eigenvalue weighted by Gasteiger charge is -2.37. The summed E-state index contributed by atoms with van der Waals surface area (Å²) in [5, 5.41) is 3.65. The Morgan fingerprint density at radius 2 is 1.93 bits per heavy atom. The van der Waals surface area contributed by atoms with Gasteiger partial charge in [0.05, 0.1) is 12.7 Å². The minimum atomic E-state index is 0. The number of ether oxygens (including phenoxy) is 2. The van der Waals surface area contributed by atoms with Gasteiger partial charge in [0, 0.05) is 52.4 Å². The molecular weight excluding hydrogens is 491 g/mol. The number of aliphatic imine (C=N–C) groups is 1. The van der Waals surface area contributed by atoms with E-state index in [1.807, 2.05) is 7.05 Å². The second-order valence-electron chi connectivity index (χ2n) is 8.70. The monoisotopic (exact) mass is 528 g/mol. The molecular formula is C23H37IN4O2. The zero-order valence-corrected chi connectivity index (χ0v) is 20.7. The van der Waals surface area contributed by atoms with Crippen molar-refractivity contribution in [3.63, 3.8) is 0 Å². The number of hydrogen-bond donors (Lipinski definition) is 1. The predicted molar refractivity (Wildman–Crippen MR) is 131 cm³/mol. The van der Waals surface area contributed by atoms with Crippen molar-refractivity contribution in [3.8, 4) is 0 Å². The summed E-state index contributed by atoms with van der Waals surface area (Å²) in [4.78, 5) is 9.51. The number of benzene rings is 1. The SMILES string of the molecule is CN=C(NCC1CC(C)N(Cc2ccccc2)C1)N1CCOC(C2CCCO2)C1.I. The third-order valence-corrected chi connectivity index (χ3v) is 6.55. The smallest absolute Gasteiger partial charge is 0.193 e. The second kappa shape index (κ2) is 11.6. The zero-order valence-electron chi connectivity index (χ0n) is 18.3. The van der Waals surface area contributed by atoms with Crippen LogP contribution in [0.15, 0.2) is 35.3 Å². The van der Waals surface area contributed by atoms with Crippen LogP contribution in [0.4, 0.5) is 0 Å². The van der Waals surface area contributed by atoms with E-state index in [0.29, 0.717) is 12.0 Å². The first-order chi connectivity index (χ1) is 14.2. The van der Waals surface area contributed by atoms with E-state index in [0.717, 1.165) is 64.7 Å². The van der Waals surface area contributed by atoms with Crippen molar-refractivity contribution in [1.29, 1.82) is 0 Å². The molecule has 0 radical (unpaired) electrons. The molecule has 4 rings (SSSR count). The van der Waals surface area contributed by atoms with Crippen LogP contribution in [0.1, 0.15) is 31.7 Å². The highest BCUT2D eigenvalue weighted by atomic mass is 127. The summed E-state index contributed by atoms with van der Waals surface area (Å²) in [6.45, 7) is 8.89. The maximum Gasteiger partial charge on any atom is 0.193 e. The van der Waals surface area contributed by atoms with Gasteiger partial charge in [-0.1, -0.05) is 30.3 Å². The molecule has 3 saturated heterocycles. The molecule has 3 aliphatic heterocycles. The molecule has 1 aromatic rings. The molecule has 30 heavy (non-hydrogen) atoms. The van der Waals surface area contributed by atoms with Gasteiger partial charge in [-0.3, -0.25) is 9.89 Å². The van der Waals surface area contributed by atoms with E-state index in [-0.39, 0.29) is 36.2 Å². The summed E-state index contributed by atoms with van der Waals surface area (Å²) in [6, 6.07) is 11.4. The van der Waals surface area contributed by atoms with Gasteiger partial charge in [0.1, 0.15) is 6.10 Å². The van der Waals surface area contributed by atoms with Crippen molar-refractivity contribution in [1.82, 2.24) is 15.1 Å². The molecule has 0 saturated carbocycles. The number of nitrogens with zero attached hydrogens (tertiary/aromatic N) is 3. The number of morpholine rings is 1. The van der Waals surface area contributed by atoms with E-state index in [1.54, 1.807) is 0 Å². The van der Waals surface area contributed by atoms with E-state index in [2.05, 4.69) is 57.4 Å². The van der Waals surface area contributed by atoms with Gasteiger partial charge in [0.25, 0.3) is 0 Å². The highest BCUT2D eigenvalue weighted by molar-refractivity contribution is 14.0. The lowest BCUT2D eigenvalue weighted by molar-refractivity contribution is -0.0817. The van der Waals surface area contributed by atoms with E-state index in [4.69, 9.17) is 9.47 Å². The Balaban J connectivity index is 0.00000256. The van der Waals surface area contributed by atoms with Crippen LogP contribution in [-0.4, -0.2) is 80.4 Å². The fourth-order valence-electron chi connectivity index (χ4n) is 4.96. The number of nitrogens with one attached hydrogen (secondary N) is 1. The third-order valence-electron chi connectivity index (χ3n) is 6.55. The maximum absolute atomic E-state index is 5.99. The van der Waals surface area contributed by atoms with Crippen LogP contribution in [0.3, 0.4) is 0 Å². The molecule has 4 atom stereocenters. The first-order valence-corrected chi connectivity index (χ1v) is 11.2. The Hall–Kier alpha value is -0.900. The Morgan fingerprint density at radius 3 is 2.67 bits per heavy atom. The molecule has 0 amide bonds. The molecule has 3 heterocycles. The van der Waals surface area contributed by atoms with Crippen molar-refractivity contribution in [2.24, 2.45) is 10.9 Å². The largest absolute Gasteiger partial charge is 0.375 e. The van der Waals surface area contributed by atoms with Crippen molar-refractivity contribution < 1.29 is 9.47 Å². The van der Waals surface area contributed by atoms with Gasteiger partial charge < -0.3 is 19.7 Å². The van der Waals surface area contributed by atoms with Crippen molar-refractivity contribution >= 4 is 29.9 Å². The molecule has 3 fully saturated rings. The average molecular weight is 528 g/mol. The first-order valence-electron chi connectivity index (χ1n) is 11.2.